The van der Waals surface area contributed by atoms with Crippen LogP contribution in [-0.4, -0.2) is 11.5 Å². The van der Waals surface area contributed by atoms with Gasteiger partial charge in [-0.15, -0.1) is 0 Å². The normalized spacial score (nSPS) is 10.4. The van der Waals surface area contributed by atoms with E-state index in [2.05, 4.69) is 46.8 Å². The second kappa shape index (κ2) is 6.72. The molecule has 2 aromatic rings. The van der Waals surface area contributed by atoms with E-state index in [1.807, 2.05) is 18.2 Å². The van der Waals surface area contributed by atoms with E-state index >= 15 is 0 Å². The summed E-state index contributed by atoms with van der Waals surface area (Å²) in [6.45, 7) is 5.61. The van der Waals surface area contributed by atoms with Gasteiger partial charge in [-0.05, 0) is 47.0 Å². The van der Waals surface area contributed by atoms with E-state index in [0.717, 1.165) is 17.8 Å². The standard InChI is InChI=1S/C16H17BrN2O2/c1-3-18(14-9-5-4-7-12(14)2)11-13-8-6-10-15(16(13)17)19(20)21/h4-10H,3,11H2,1-2H3. The molecule has 0 radical (unpaired) electrons. The zero-order valence-electron chi connectivity index (χ0n) is 12.0. The number of hydrogen-bond donors (Lipinski definition) is 0. The van der Waals surface area contributed by atoms with Crippen LogP contribution in [0.3, 0.4) is 0 Å². The summed E-state index contributed by atoms with van der Waals surface area (Å²) in [5.41, 5.74) is 3.36. The molecule has 0 aliphatic rings. The maximum Gasteiger partial charge on any atom is 0.283 e. The molecule has 4 nitrogen and oxygen atoms in total. The van der Waals surface area contributed by atoms with Crippen molar-refractivity contribution in [2.24, 2.45) is 0 Å². The third kappa shape index (κ3) is 3.42. The lowest BCUT2D eigenvalue weighted by Crippen LogP contribution is -2.23. The minimum atomic E-state index is -0.363. The summed E-state index contributed by atoms with van der Waals surface area (Å²) in [5.74, 6) is 0. The summed E-state index contributed by atoms with van der Waals surface area (Å²) in [4.78, 5) is 12.9. The topological polar surface area (TPSA) is 46.4 Å². The van der Waals surface area contributed by atoms with Gasteiger partial charge in [0, 0.05) is 24.8 Å². The third-order valence-electron chi connectivity index (χ3n) is 3.45. The van der Waals surface area contributed by atoms with E-state index in [-0.39, 0.29) is 10.6 Å². The van der Waals surface area contributed by atoms with E-state index in [9.17, 15) is 10.1 Å². The summed E-state index contributed by atoms with van der Waals surface area (Å²) < 4.78 is 0.557. The summed E-state index contributed by atoms with van der Waals surface area (Å²) in [6, 6.07) is 13.3. The average Bonchev–Trinajstić information content (AvgIpc) is 2.47. The molecular formula is C16H17BrN2O2. The molecule has 2 aromatic carbocycles. The van der Waals surface area contributed by atoms with Gasteiger partial charge in [-0.2, -0.15) is 0 Å². The Morgan fingerprint density at radius 2 is 1.90 bits per heavy atom. The first-order chi connectivity index (χ1) is 10.0. The molecule has 0 aliphatic carbocycles. The number of aryl methyl sites for hydroxylation is 1. The van der Waals surface area contributed by atoms with Crippen molar-refractivity contribution in [3.8, 4) is 0 Å². The van der Waals surface area contributed by atoms with Crippen LogP contribution >= 0.6 is 15.9 Å². The monoisotopic (exact) mass is 348 g/mol. The van der Waals surface area contributed by atoms with Gasteiger partial charge in [-0.3, -0.25) is 10.1 Å². The summed E-state index contributed by atoms with van der Waals surface area (Å²) >= 11 is 3.36. The molecule has 110 valence electrons. The van der Waals surface area contributed by atoms with E-state index in [1.54, 1.807) is 6.07 Å². The Bertz CT molecular complexity index is 658. The molecule has 0 saturated heterocycles. The predicted octanol–water partition coefficient (Wildman–Crippen LogP) is 4.69. The molecule has 0 fully saturated rings. The van der Waals surface area contributed by atoms with Crippen LogP contribution in [-0.2, 0) is 6.54 Å². The van der Waals surface area contributed by atoms with Crippen molar-refractivity contribution < 1.29 is 4.92 Å². The average molecular weight is 349 g/mol. The molecule has 0 bridgehead atoms. The molecule has 5 heteroatoms. The Labute approximate surface area is 132 Å². The smallest absolute Gasteiger partial charge is 0.283 e. The molecule has 0 atom stereocenters. The minimum absolute atomic E-state index is 0.105. The van der Waals surface area contributed by atoms with Crippen molar-refractivity contribution in [2.45, 2.75) is 20.4 Å². The van der Waals surface area contributed by atoms with Gasteiger partial charge in [-0.1, -0.05) is 30.3 Å². The van der Waals surface area contributed by atoms with Gasteiger partial charge in [0.25, 0.3) is 5.69 Å². The first-order valence-electron chi connectivity index (χ1n) is 6.77. The molecule has 0 aliphatic heterocycles. The second-order valence-electron chi connectivity index (χ2n) is 4.81. The molecule has 0 N–H and O–H groups in total. The number of anilines is 1. The van der Waals surface area contributed by atoms with Crippen LogP contribution in [0, 0.1) is 17.0 Å². The highest BCUT2D eigenvalue weighted by Gasteiger charge is 2.17. The fourth-order valence-corrected chi connectivity index (χ4v) is 2.86. The van der Waals surface area contributed by atoms with Crippen LogP contribution in [0.2, 0.25) is 0 Å². The number of halogens is 1. The Kier molecular flexibility index (Phi) is 4.96. The molecule has 0 spiro atoms. The van der Waals surface area contributed by atoms with Gasteiger partial charge in [-0.25, -0.2) is 0 Å². The maximum atomic E-state index is 11.0. The first kappa shape index (κ1) is 15.5. The van der Waals surface area contributed by atoms with Gasteiger partial charge in [0.1, 0.15) is 4.47 Å². The largest absolute Gasteiger partial charge is 0.367 e. The van der Waals surface area contributed by atoms with E-state index in [1.165, 1.54) is 11.6 Å². The maximum absolute atomic E-state index is 11.0. The quantitative estimate of drug-likeness (QED) is 0.581. The van der Waals surface area contributed by atoms with E-state index in [0.29, 0.717) is 11.0 Å². The van der Waals surface area contributed by atoms with Gasteiger partial charge < -0.3 is 4.90 Å². The van der Waals surface area contributed by atoms with Gasteiger partial charge in [0.05, 0.1) is 4.92 Å². The van der Waals surface area contributed by atoms with Gasteiger partial charge >= 0.3 is 0 Å². The van der Waals surface area contributed by atoms with E-state index in [4.69, 9.17) is 0 Å². The Morgan fingerprint density at radius 3 is 2.52 bits per heavy atom. The highest BCUT2D eigenvalue weighted by molar-refractivity contribution is 9.10. The van der Waals surface area contributed by atoms with Crippen molar-refractivity contribution in [3.63, 3.8) is 0 Å². The highest BCUT2D eigenvalue weighted by atomic mass is 79.9. The van der Waals surface area contributed by atoms with Gasteiger partial charge in [0.2, 0.25) is 0 Å². The molecule has 0 amide bonds. The molecule has 0 heterocycles. The molecule has 0 saturated carbocycles. The van der Waals surface area contributed by atoms with Crippen molar-refractivity contribution in [1.29, 1.82) is 0 Å². The van der Waals surface area contributed by atoms with Crippen LogP contribution in [0.15, 0.2) is 46.9 Å². The number of nitro benzene ring substituents is 1. The lowest BCUT2D eigenvalue weighted by atomic mass is 10.1. The van der Waals surface area contributed by atoms with Crippen LogP contribution in [0.25, 0.3) is 0 Å². The van der Waals surface area contributed by atoms with Crippen LogP contribution in [0.1, 0.15) is 18.1 Å². The summed E-state index contributed by atoms with van der Waals surface area (Å²) in [6.07, 6.45) is 0. The van der Waals surface area contributed by atoms with E-state index < -0.39 is 0 Å². The summed E-state index contributed by atoms with van der Waals surface area (Å²) in [7, 11) is 0. The zero-order chi connectivity index (χ0) is 15.4. The summed E-state index contributed by atoms with van der Waals surface area (Å²) in [5, 5.41) is 11.0. The first-order valence-corrected chi connectivity index (χ1v) is 7.56. The third-order valence-corrected chi connectivity index (χ3v) is 4.37. The van der Waals surface area contributed by atoms with Crippen molar-refractivity contribution >= 4 is 27.3 Å². The van der Waals surface area contributed by atoms with Gasteiger partial charge in [0.15, 0.2) is 0 Å². The van der Waals surface area contributed by atoms with Crippen LogP contribution < -0.4 is 4.90 Å². The lowest BCUT2D eigenvalue weighted by molar-refractivity contribution is -0.385. The predicted molar refractivity (Wildman–Crippen MR) is 88.7 cm³/mol. The minimum Gasteiger partial charge on any atom is -0.367 e. The molecule has 0 aromatic heterocycles. The number of nitrogens with zero attached hydrogens (tertiary/aromatic N) is 2. The fourth-order valence-electron chi connectivity index (χ4n) is 2.32. The second-order valence-corrected chi connectivity index (χ2v) is 5.60. The Morgan fingerprint density at radius 1 is 1.19 bits per heavy atom. The molecule has 21 heavy (non-hydrogen) atoms. The molecule has 2 rings (SSSR count). The van der Waals surface area contributed by atoms with Crippen LogP contribution in [0.4, 0.5) is 11.4 Å². The number of hydrogen-bond acceptors (Lipinski definition) is 3. The van der Waals surface area contributed by atoms with Crippen molar-refractivity contribution in [1.82, 2.24) is 0 Å². The molecule has 0 unspecified atom stereocenters. The van der Waals surface area contributed by atoms with Crippen LogP contribution in [0.5, 0.6) is 0 Å². The number of rotatable bonds is 5. The highest BCUT2D eigenvalue weighted by Crippen LogP contribution is 2.30. The Balaban J connectivity index is 2.34. The van der Waals surface area contributed by atoms with Crippen molar-refractivity contribution in [2.75, 3.05) is 11.4 Å². The lowest BCUT2D eigenvalue weighted by Gasteiger charge is -2.25. The number of benzene rings is 2. The SMILES string of the molecule is CCN(Cc1cccc([N+](=O)[O-])c1Br)c1ccccc1C. The fraction of sp³-hybridized carbons (Fsp3) is 0.250. The Hall–Kier alpha value is -1.88. The number of para-hydroxylation sites is 1. The zero-order valence-corrected chi connectivity index (χ0v) is 13.6. The van der Waals surface area contributed by atoms with Crippen molar-refractivity contribution in [3.05, 3.63) is 68.2 Å². The number of nitro groups is 1. The molecular weight excluding hydrogens is 332 g/mol.